The summed E-state index contributed by atoms with van der Waals surface area (Å²) < 4.78 is 0. The van der Waals surface area contributed by atoms with Gasteiger partial charge in [-0.25, -0.2) is 0 Å². The molecule has 0 radical (unpaired) electrons. The van der Waals surface area contributed by atoms with E-state index in [1.807, 2.05) is 38.1 Å². The van der Waals surface area contributed by atoms with Crippen LogP contribution >= 0.6 is 11.8 Å². The summed E-state index contributed by atoms with van der Waals surface area (Å²) in [7, 11) is 0. The van der Waals surface area contributed by atoms with Gasteiger partial charge in [-0.05, 0) is 25.0 Å². The van der Waals surface area contributed by atoms with Crippen molar-refractivity contribution in [1.82, 2.24) is 5.32 Å². The van der Waals surface area contributed by atoms with Gasteiger partial charge >= 0.3 is 0 Å². The molecule has 1 N–H and O–H groups in total. The second kappa shape index (κ2) is 8.49. The van der Waals surface area contributed by atoms with Crippen molar-refractivity contribution in [3.8, 4) is 0 Å². The van der Waals surface area contributed by atoms with Crippen molar-refractivity contribution in [3.63, 3.8) is 0 Å². The minimum absolute atomic E-state index is 0.0185. The molecule has 2 rings (SSSR count). The maximum atomic E-state index is 12.0. The Morgan fingerprint density at radius 1 is 1.17 bits per heavy atom. The van der Waals surface area contributed by atoms with Gasteiger partial charge in [0.25, 0.3) is 5.69 Å². The van der Waals surface area contributed by atoms with Crippen LogP contribution in [0.25, 0.3) is 0 Å². The van der Waals surface area contributed by atoms with Crippen molar-refractivity contribution in [1.29, 1.82) is 0 Å². The number of nitro benzene ring substituents is 1. The summed E-state index contributed by atoms with van der Waals surface area (Å²) in [5.74, 6) is 0.979. The number of rotatable bonds is 7. The number of nitro groups is 1. The van der Waals surface area contributed by atoms with E-state index in [2.05, 4.69) is 5.32 Å². The highest BCUT2D eigenvalue weighted by atomic mass is 32.2. The first kappa shape index (κ1) is 18.0. The zero-order valence-corrected chi connectivity index (χ0v) is 14.5. The fourth-order valence-corrected chi connectivity index (χ4v) is 3.00. The first-order valence-corrected chi connectivity index (χ1v) is 8.78. The molecule has 24 heavy (non-hydrogen) atoms. The Labute approximate surface area is 145 Å². The second-order valence-electron chi connectivity index (χ2n) is 5.62. The highest BCUT2D eigenvalue weighted by Gasteiger charge is 2.10. The number of non-ortho nitro benzene ring substituents is 1. The fourth-order valence-electron chi connectivity index (χ4n) is 2.20. The van der Waals surface area contributed by atoms with Gasteiger partial charge < -0.3 is 5.32 Å². The Kier molecular flexibility index (Phi) is 6.37. The first-order valence-electron chi connectivity index (χ1n) is 7.62. The van der Waals surface area contributed by atoms with E-state index in [4.69, 9.17) is 0 Å². The zero-order chi connectivity index (χ0) is 17.5. The van der Waals surface area contributed by atoms with Crippen LogP contribution in [0.3, 0.4) is 0 Å². The number of carbonyl (C=O) groups is 1. The topological polar surface area (TPSA) is 72.2 Å². The van der Waals surface area contributed by atoms with Crippen molar-refractivity contribution in [2.24, 2.45) is 0 Å². The summed E-state index contributed by atoms with van der Waals surface area (Å²) in [5.41, 5.74) is 3.31. The third-order valence-electron chi connectivity index (χ3n) is 3.60. The van der Waals surface area contributed by atoms with E-state index in [1.54, 1.807) is 12.1 Å². The van der Waals surface area contributed by atoms with Crippen molar-refractivity contribution >= 4 is 23.4 Å². The van der Waals surface area contributed by atoms with E-state index in [1.165, 1.54) is 29.5 Å². The molecule has 2 aromatic rings. The van der Waals surface area contributed by atoms with Crippen LogP contribution in [-0.4, -0.2) is 16.6 Å². The number of hydrogen-bond acceptors (Lipinski definition) is 4. The van der Waals surface area contributed by atoms with E-state index >= 15 is 0 Å². The fraction of sp³-hybridized carbons (Fsp3) is 0.278. The summed E-state index contributed by atoms with van der Waals surface area (Å²) in [6.45, 7) is 3.99. The molecular weight excluding hydrogens is 324 g/mol. The van der Waals surface area contributed by atoms with Crippen LogP contribution in [0.15, 0.2) is 48.5 Å². The van der Waals surface area contributed by atoms with Crippen molar-refractivity contribution in [2.45, 2.75) is 25.6 Å². The number of hydrogen-bond donors (Lipinski definition) is 1. The summed E-state index contributed by atoms with van der Waals surface area (Å²) in [6, 6.07) is 14.5. The van der Waals surface area contributed by atoms with E-state index in [-0.39, 0.29) is 17.6 Å². The molecule has 0 saturated heterocycles. The Bertz CT molecular complexity index is 699. The van der Waals surface area contributed by atoms with Gasteiger partial charge in [0.05, 0.1) is 16.7 Å². The van der Waals surface area contributed by atoms with Crippen molar-refractivity contribution in [2.75, 3.05) is 5.75 Å². The van der Waals surface area contributed by atoms with Gasteiger partial charge in [0, 0.05) is 17.9 Å². The van der Waals surface area contributed by atoms with Gasteiger partial charge in [-0.3, -0.25) is 14.9 Å². The van der Waals surface area contributed by atoms with Gasteiger partial charge in [0.1, 0.15) is 0 Å². The number of benzene rings is 2. The van der Waals surface area contributed by atoms with Crippen LogP contribution in [-0.2, 0) is 10.5 Å². The lowest BCUT2D eigenvalue weighted by Crippen LogP contribution is -2.28. The van der Waals surface area contributed by atoms with Gasteiger partial charge in [0.15, 0.2) is 0 Å². The molecular formula is C18H20N2O3S. The molecule has 0 spiro atoms. The van der Waals surface area contributed by atoms with Crippen molar-refractivity contribution in [3.05, 3.63) is 75.3 Å². The van der Waals surface area contributed by atoms with Crippen LogP contribution in [0, 0.1) is 17.0 Å². The molecule has 1 amide bonds. The largest absolute Gasteiger partial charge is 0.349 e. The third-order valence-corrected chi connectivity index (χ3v) is 4.61. The Hall–Kier alpha value is -2.34. The number of carbonyl (C=O) groups excluding carboxylic acids is 1. The molecule has 0 saturated carbocycles. The molecule has 0 aliphatic rings. The second-order valence-corrected chi connectivity index (χ2v) is 6.60. The lowest BCUT2D eigenvalue weighted by atomic mass is 10.1. The lowest BCUT2D eigenvalue weighted by molar-refractivity contribution is -0.384. The average Bonchev–Trinajstić information content (AvgIpc) is 2.55. The SMILES string of the molecule is Cc1ccc([C@H](C)NC(=O)CSCc2ccc([N+](=O)[O-])cc2)cc1. The minimum atomic E-state index is -0.420. The summed E-state index contributed by atoms with van der Waals surface area (Å²) in [6.07, 6.45) is 0. The molecule has 5 nitrogen and oxygen atoms in total. The smallest absolute Gasteiger partial charge is 0.269 e. The highest BCUT2D eigenvalue weighted by Crippen LogP contribution is 2.17. The summed E-state index contributed by atoms with van der Waals surface area (Å²) >= 11 is 1.49. The molecule has 6 heteroatoms. The van der Waals surface area contributed by atoms with E-state index in [0.29, 0.717) is 11.5 Å². The van der Waals surface area contributed by atoms with Gasteiger partial charge in [-0.1, -0.05) is 42.0 Å². The average molecular weight is 344 g/mol. The summed E-state index contributed by atoms with van der Waals surface area (Å²) in [4.78, 5) is 22.2. The number of nitrogens with zero attached hydrogens (tertiary/aromatic N) is 1. The first-order chi connectivity index (χ1) is 11.5. The molecule has 126 valence electrons. The molecule has 1 atom stereocenters. The van der Waals surface area contributed by atoms with E-state index in [0.717, 1.165) is 11.1 Å². The third kappa shape index (κ3) is 5.38. The Morgan fingerprint density at radius 2 is 1.79 bits per heavy atom. The normalized spacial score (nSPS) is 11.8. The molecule has 0 fully saturated rings. The van der Waals surface area contributed by atoms with Gasteiger partial charge in [-0.2, -0.15) is 0 Å². The van der Waals surface area contributed by atoms with Crippen LogP contribution in [0.5, 0.6) is 0 Å². The molecule has 0 aliphatic carbocycles. The van der Waals surface area contributed by atoms with Gasteiger partial charge in [0.2, 0.25) is 5.91 Å². The summed E-state index contributed by atoms with van der Waals surface area (Å²) in [5, 5.41) is 13.6. The van der Waals surface area contributed by atoms with Gasteiger partial charge in [-0.15, -0.1) is 11.8 Å². The number of nitrogens with one attached hydrogen (secondary N) is 1. The number of aryl methyl sites for hydroxylation is 1. The van der Waals surface area contributed by atoms with Crippen LogP contribution < -0.4 is 5.32 Å². The highest BCUT2D eigenvalue weighted by molar-refractivity contribution is 7.99. The predicted octanol–water partition coefficient (Wildman–Crippen LogP) is 4.01. The Morgan fingerprint density at radius 3 is 2.38 bits per heavy atom. The molecule has 0 unspecified atom stereocenters. The predicted molar refractivity (Wildman–Crippen MR) is 97.0 cm³/mol. The van der Waals surface area contributed by atoms with E-state index < -0.39 is 4.92 Å². The maximum absolute atomic E-state index is 12.0. The van der Waals surface area contributed by atoms with E-state index in [9.17, 15) is 14.9 Å². The standard InChI is InChI=1S/C18H20N2O3S/c1-13-3-7-16(8-4-13)14(2)19-18(21)12-24-11-15-5-9-17(10-6-15)20(22)23/h3-10,14H,11-12H2,1-2H3,(H,19,21)/t14-/m0/s1. The molecule has 0 aliphatic heterocycles. The zero-order valence-electron chi connectivity index (χ0n) is 13.7. The van der Waals surface area contributed by atoms with Crippen LogP contribution in [0.2, 0.25) is 0 Å². The minimum Gasteiger partial charge on any atom is -0.349 e. The molecule has 0 heterocycles. The van der Waals surface area contributed by atoms with Crippen LogP contribution in [0.1, 0.15) is 29.7 Å². The molecule has 0 aromatic heterocycles. The monoisotopic (exact) mass is 344 g/mol. The van der Waals surface area contributed by atoms with Crippen LogP contribution in [0.4, 0.5) is 5.69 Å². The Balaban J connectivity index is 1.76. The quantitative estimate of drug-likeness (QED) is 0.608. The number of thioether (sulfide) groups is 1. The molecule has 0 bridgehead atoms. The maximum Gasteiger partial charge on any atom is 0.269 e. The molecule has 2 aromatic carbocycles. The van der Waals surface area contributed by atoms with Crippen molar-refractivity contribution < 1.29 is 9.72 Å². The lowest BCUT2D eigenvalue weighted by Gasteiger charge is -2.14. The number of amides is 1.